The van der Waals surface area contributed by atoms with Gasteiger partial charge in [0.15, 0.2) is 11.5 Å². The Hall–Kier alpha value is -1.26. The molecule has 4 heteroatoms. The van der Waals surface area contributed by atoms with Gasteiger partial charge < -0.3 is 15.6 Å². The van der Waals surface area contributed by atoms with Crippen molar-refractivity contribution in [2.45, 2.75) is 38.6 Å². The number of hydrogen-bond donors (Lipinski definition) is 2. The minimum atomic E-state index is 0.0141. The van der Waals surface area contributed by atoms with Crippen molar-refractivity contribution in [3.8, 4) is 11.5 Å². The molecule has 0 bridgehead atoms. The number of rotatable bonds is 3. The molecular formula is C17H28N2O2. The number of nitrogens with zero attached hydrogens (tertiary/aromatic N) is 1. The van der Waals surface area contributed by atoms with Crippen LogP contribution < -0.4 is 10.5 Å². The van der Waals surface area contributed by atoms with Gasteiger partial charge in [0.2, 0.25) is 0 Å². The predicted octanol–water partition coefficient (Wildman–Crippen LogP) is 2.65. The monoisotopic (exact) mass is 292 g/mol. The Kier molecular flexibility index (Phi) is 4.49. The van der Waals surface area contributed by atoms with Crippen LogP contribution in [0.15, 0.2) is 12.1 Å². The highest BCUT2D eigenvalue weighted by atomic mass is 16.5. The van der Waals surface area contributed by atoms with Crippen LogP contribution in [-0.4, -0.2) is 37.3 Å². The molecular weight excluding hydrogens is 264 g/mol. The molecule has 21 heavy (non-hydrogen) atoms. The average molecular weight is 292 g/mol. The topological polar surface area (TPSA) is 58.7 Å². The first-order valence-electron chi connectivity index (χ1n) is 7.59. The predicted molar refractivity (Wildman–Crippen MR) is 85.9 cm³/mol. The zero-order chi connectivity index (χ0) is 15.8. The van der Waals surface area contributed by atoms with Crippen LogP contribution in [0.4, 0.5) is 0 Å². The summed E-state index contributed by atoms with van der Waals surface area (Å²) in [6.45, 7) is 8.18. The third-order valence-corrected chi connectivity index (χ3v) is 4.52. The second kappa shape index (κ2) is 5.85. The van der Waals surface area contributed by atoms with Gasteiger partial charge in [0.05, 0.1) is 7.11 Å². The van der Waals surface area contributed by atoms with Crippen molar-refractivity contribution in [3.05, 3.63) is 23.3 Å². The molecule has 1 saturated heterocycles. The molecule has 0 aliphatic carbocycles. The van der Waals surface area contributed by atoms with Gasteiger partial charge >= 0.3 is 0 Å². The number of phenolic OH excluding ortho intramolecular Hbond substituents is 1. The van der Waals surface area contributed by atoms with E-state index in [0.717, 1.165) is 18.5 Å². The van der Waals surface area contributed by atoms with Crippen LogP contribution in [0, 0.1) is 5.92 Å². The standard InChI is InChI=1S/C17H28N2O2/c1-17(2,3)12-7-13(16(20)15(8-12)21-5)14-6-11(9-18)10-19(14)4/h7-8,11,14,20H,6,9-10,18H2,1-5H3. The van der Waals surface area contributed by atoms with Crippen molar-refractivity contribution < 1.29 is 9.84 Å². The lowest BCUT2D eigenvalue weighted by Gasteiger charge is -2.26. The van der Waals surface area contributed by atoms with E-state index in [0.29, 0.717) is 18.2 Å². The summed E-state index contributed by atoms with van der Waals surface area (Å²) in [5, 5.41) is 10.5. The molecule has 3 N–H and O–H groups in total. The Morgan fingerprint density at radius 3 is 2.52 bits per heavy atom. The maximum Gasteiger partial charge on any atom is 0.162 e. The van der Waals surface area contributed by atoms with Gasteiger partial charge in [0.25, 0.3) is 0 Å². The maximum absolute atomic E-state index is 10.5. The van der Waals surface area contributed by atoms with Gasteiger partial charge in [-0.05, 0) is 49.0 Å². The minimum absolute atomic E-state index is 0.0141. The number of hydrogen-bond acceptors (Lipinski definition) is 4. The molecule has 1 aliphatic rings. The van der Waals surface area contributed by atoms with Crippen molar-refractivity contribution in [1.29, 1.82) is 0 Å². The summed E-state index contributed by atoms with van der Waals surface area (Å²) in [5.41, 5.74) is 7.96. The number of methoxy groups -OCH3 is 1. The summed E-state index contributed by atoms with van der Waals surface area (Å²) in [6, 6.07) is 4.27. The first kappa shape index (κ1) is 16.1. The Morgan fingerprint density at radius 1 is 1.38 bits per heavy atom. The van der Waals surface area contributed by atoms with E-state index in [1.807, 2.05) is 6.07 Å². The fourth-order valence-corrected chi connectivity index (χ4v) is 3.11. The van der Waals surface area contributed by atoms with Crippen LogP contribution in [0.1, 0.15) is 44.4 Å². The third-order valence-electron chi connectivity index (χ3n) is 4.52. The highest BCUT2D eigenvalue weighted by Crippen LogP contribution is 2.44. The fourth-order valence-electron chi connectivity index (χ4n) is 3.11. The van der Waals surface area contributed by atoms with Gasteiger partial charge in [0.1, 0.15) is 0 Å². The smallest absolute Gasteiger partial charge is 0.162 e. The van der Waals surface area contributed by atoms with Gasteiger partial charge in [-0.3, -0.25) is 4.90 Å². The van der Waals surface area contributed by atoms with Crippen LogP contribution in [0.25, 0.3) is 0 Å². The Morgan fingerprint density at radius 2 is 2.05 bits per heavy atom. The first-order valence-corrected chi connectivity index (χ1v) is 7.59. The number of ether oxygens (including phenoxy) is 1. The molecule has 1 aromatic carbocycles. The summed E-state index contributed by atoms with van der Waals surface area (Å²) in [5.74, 6) is 1.31. The third kappa shape index (κ3) is 3.16. The SMILES string of the molecule is COc1cc(C(C)(C)C)cc(C2CC(CN)CN2C)c1O. The molecule has 2 atom stereocenters. The van der Waals surface area contributed by atoms with E-state index in [4.69, 9.17) is 10.5 Å². The van der Waals surface area contributed by atoms with E-state index >= 15 is 0 Å². The summed E-state index contributed by atoms with van der Waals surface area (Å²) < 4.78 is 5.38. The fraction of sp³-hybridized carbons (Fsp3) is 0.647. The van der Waals surface area contributed by atoms with Crippen LogP contribution in [0.2, 0.25) is 0 Å². The second-order valence-electron chi connectivity index (χ2n) is 7.16. The Balaban J connectivity index is 2.47. The molecule has 2 rings (SSSR count). The van der Waals surface area contributed by atoms with Crippen molar-refractivity contribution in [2.24, 2.45) is 11.7 Å². The van der Waals surface area contributed by atoms with Crippen molar-refractivity contribution in [2.75, 3.05) is 27.2 Å². The number of nitrogens with two attached hydrogens (primary N) is 1. The van der Waals surface area contributed by atoms with E-state index in [1.165, 1.54) is 5.56 Å². The lowest BCUT2D eigenvalue weighted by molar-refractivity contribution is 0.299. The summed E-state index contributed by atoms with van der Waals surface area (Å²) in [6.07, 6.45) is 0.983. The molecule has 0 saturated carbocycles. The number of benzene rings is 1. The van der Waals surface area contributed by atoms with Gasteiger partial charge in [-0.25, -0.2) is 0 Å². The second-order valence-corrected chi connectivity index (χ2v) is 7.16. The maximum atomic E-state index is 10.5. The summed E-state index contributed by atoms with van der Waals surface area (Å²) >= 11 is 0. The molecule has 1 heterocycles. The van der Waals surface area contributed by atoms with Gasteiger partial charge in [-0.1, -0.05) is 20.8 Å². The quantitative estimate of drug-likeness (QED) is 0.899. The molecule has 1 fully saturated rings. The average Bonchev–Trinajstić information content (AvgIpc) is 2.79. The minimum Gasteiger partial charge on any atom is -0.504 e. The number of aromatic hydroxyl groups is 1. The largest absolute Gasteiger partial charge is 0.504 e. The zero-order valence-electron chi connectivity index (χ0n) is 13.8. The van der Waals surface area contributed by atoms with Crippen LogP contribution in [0.5, 0.6) is 11.5 Å². The van der Waals surface area contributed by atoms with E-state index in [1.54, 1.807) is 7.11 Å². The van der Waals surface area contributed by atoms with Gasteiger partial charge in [-0.2, -0.15) is 0 Å². The highest BCUT2D eigenvalue weighted by molar-refractivity contribution is 5.51. The molecule has 0 radical (unpaired) electrons. The molecule has 0 amide bonds. The van der Waals surface area contributed by atoms with Crippen molar-refractivity contribution in [1.82, 2.24) is 4.90 Å². The summed E-state index contributed by atoms with van der Waals surface area (Å²) in [7, 11) is 3.70. The van der Waals surface area contributed by atoms with Gasteiger partial charge in [0, 0.05) is 18.2 Å². The Bertz CT molecular complexity index is 508. The molecule has 1 aliphatic heterocycles. The molecule has 0 spiro atoms. The van der Waals surface area contributed by atoms with E-state index in [2.05, 4.69) is 38.8 Å². The van der Waals surface area contributed by atoms with E-state index < -0.39 is 0 Å². The van der Waals surface area contributed by atoms with Crippen LogP contribution in [-0.2, 0) is 5.41 Å². The normalized spacial score (nSPS) is 23.5. The lowest BCUT2D eigenvalue weighted by Crippen LogP contribution is -2.21. The molecule has 0 aromatic heterocycles. The summed E-state index contributed by atoms with van der Waals surface area (Å²) in [4.78, 5) is 2.28. The first-order chi connectivity index (χ1) is 9.77. The van der Waals surface area contributed by atoms with Crippen LogP contribution in [0.3, 0.4) is 0 Å². The molecule has 118 valence electrons. The van der Waals surface area contributed by atoms with E-state index in [9.17, 15) is 5.11 Å². The lowest BCUT2D eigenvalue weighted by atomic mass is 9.84. The number of phenols is 1. The zero-order valence-corrected chi connectivity index (χ0v) is 13.8. The van der Waals surface area contributed by atoms with Crippen LogP contribution >= 0.6 is 0 Å². The highest BCUT2D eigenvalue weighted by Gasteiger charge is 2.33. The molecule has 1 aromatic rings. The Labute approximate surface area is 127 Å². The van der Waals surface area contributed by atoms with Crippen molar-refractivity contribution >= 4 is 0 Å². The number of likely N-dealkylation sites (tertiary alicyclic amines) is 1. The van der Waals surface area contributed by atoms with Crippen molar-refractivity contribution in [3.63, 3.8) is 0 Å². The van der Waals surface area contributed by atoms with E-state index in [-0.39, 0.29) is 17.2 Å². The van der Waals surface area contributed by atoms with Gasteiger partial charge in [-0.15, -0.1) is 0 Å². The molecule has 2 unspecified atom stereocenters. The molecule has 4 nitrogen and oxygen atoms in total.